The molecule has 29 heavy (non-hydrogen) atoms. The number of benzene rings is 2. The summed E-state index contributed by atoms with van der Waals surface area (Å²) in [5.74, 6) is -0.986. The van der Waals surface area contributed by atoms with Crippen LogP contribution in [0.2, 0.25) is 0 Å². The summed E-state index contributed by atoms with van der Waals surface area (Å²) in [6.45, 7) is 0.585. The van der Waals surface area contributed by atoms with Crippen molar-refractivity contribution in [2.45, 2.75) is 31.4 Å². The molecule has 0 aliphatic carbocycles. The molecule has 2 atom stereocenters. The van der Waals surface area contributed by atoms with Gasteiger partial charge in [0, 0.05) is 17.9 Å². The molecule has 1 saturated heterocycles. The molecule has 1 fully saturated rings. The Hall–Kier alpha value is -3.19. The van der Waals surface area contributed by atoms with Crippen molar-refractivity contribution in [3.8, 4) is 0 Å². The molecule has 2 unspecified atom stereocenters. The smallest absolute Gasteiger partial charge is 0.307 e. The molecule has 7 heteroatoms. The van der Waals surface area contributed by atoms with Crippen LogP contribution in [0, 0.1) is 0 Å². The van der Waals surface area contributed by atoms with E-state index in [2.05, 4.69) is 10.6 Å². The van der Waals surface area contributed by atoms with Crippen molar-refractivity contribution in [2.24, 2.45) is 0 Å². The van der Waals surface area contributed by atoms with Crippen LogP contribution < -0.4 is 10.6 Å². The fraction of sp³-hybridized carbons (Fsp3) is 0.318. The Labute approximate surface area is 169 Å². The number of hydrogen-bond donors (Lipinski definition) is 2. The van der Waals surface area contributed by atoms with E-state index < -0.39 is 18.1 Å². The zero-order valence-electron chi connectivity index (χ0n) is 16.2. The molecular weight excluding hydrogens is 372 g/mol. The normalized spacial score (nSPS) is 16.7. The van der Waals surface area contributed by atoms with Crippen molar-refractivity contribution in [3.05, 3.63) is 65.7 Å². The summed E-state index contributed by atoms with van der Waals surface area (Å²) in [6.07, 6.45) is 1.12. The molecule has 0 bridgehead atoms. The van der Waals surface area contributed by atoms with Gasteiger partial charge in [0.25, 0.3) is 11.8 Å². The lowest BCUT2D eigenvalue weighted by Crippen LogP contribution is -2.31. The number of methoxy groups -OCH3 is 1. The van der Waals surface area contributed by atoms with E-state index in [0.29, 0.717) is 24.3 Å². The Morgan fingerprint density at radius 1 is 1.14 bits per heavy atom. The molecule has 1 aliphatic heterocycles. The zero-order valence-corrected chi connectivity index (χ0v) is 16.2. The van der Waals surface area contributed by atoms with Crippen molar-refractivity contribution in [1.82, 2.24) is 5.32 Å². The monoisotopic (exact) mass is 396 g/mol. The van der Waals surface area contributed by atoms with Gasteiger partial charge < -0.3 is 20.1 Å². The van der Waals surface area contributed by atoms with Crippen LogP contribution in [0.25, 0.3) is 0 Å². The molecule has 2 amide bonds. The summed E-state index contributed by atoms with van der Waals surface area (Å²) in [5, 5.41) is 5.66. The second kappa shape index (κ2) is 9.84. The number of esters is 1. The van der Waals surface area contributed by atoms with Gasteiger partial charge in [-0.05, 0) is 36.6 Å². The summed E-state index contributed by atoms with van der Waals surface area (Å²) in [5.41, 5.74) is 1.69. The molecule has 2 N–H and O–H groups in total. The number of rotatable bonds is 7. The number of hydrogen-bond acceptors (Lipinski definition) is 5. The van der Waals surface area contributed by atoms with Gasteiger partial charge in [-0.1, -0.05) is 36.4 Å². The standard InChI is InChI=1S/C22H24N2O5/c1-28-20(25)14-18(15-7-3-2-4-8-15)24-21(26)16-9-5-10-17(13-16)23-22(27)19-11-6-12-29-19/h2-5,7-10,13,18-19H,6,11-12,14H2,1H3,(H,23,27)(H,24,26). The first kappa shape index (κ1) is 20.5. The van der Waals surface area contributed by atoms with Crippen LogP contribution in [-0.4, -0.2) is 37.6 Å². The predicted molar refractivity (Wildman–Crippen MR) is 107 cm³/mol. The molecule has 3 rings (SSSR count). The predicted octanol–water partition coefficient (Wildman–Crippen LogP) is 2.84. The van der Waals surface area contributed by atoms with Gasteiger partial charge in [-0.2, -0.15) is 0 Å². The first-order valence-electron chi connectivity index (χ1n) is 9.52. The largest absolute Gasteiger partial charge is 0.469 e. The van der Waals surface area contributed by atoms with Gasteiger partial charge in [-0.3, -0.25) is 14.4 Å². The van der Waals surface area contributed by atoms with E-state index in [9.17, 15) is 14.4 Å². The molecule has 0 spiro atoms. The summed E-state index contributed by atoms with van der Waals surface area (Å²) >= 11 is 0. The minimum atomic E-state index is -0.527. The molecule has 2 aromatic rings. The highest BCUT2D eigenvalue weighted by atomic mass is 16.5. The highest BCUT2D eigenvalue weighted by Gasteiger charge is 2.24. The van der Waals surface area contributed by atoms with Crippen LogP contribution in [0.4, 0.5) is 5.69 Å². The average Bonchev–Trinajstić information content (AvgIpc) is 3.29. The van der Waals surface area contributed by atoms with Crippen LogP contribution in [0.1, 0.15) is 41.2 Å². The van der Waals surface area contributed by atoms with Gasteiger partial charge in [0.1, 0.15) is 6.10 Å². The van der Waals surface area contributed by atoms with Crippen LogP contribution >= 0.6 is 0 Å². The highest BCUT2D eigenvalue weighted by Crippen LogP contribution is 2.20. The second-order valence-corrected chi connectivity index (χ2v) is 6.79. The van der Waals surface area contributed by atoms with E-state index in [4.69, 9.17) is 9.47 Å². The Morgan fingerprint density at radius 2 is 1.93 bits per heavy atom. The lowest BCUT2D eigenvalue weighted by molar-refractivity contribution is -0.141. The van der Waals surface area contributed by atoms with Crippen molar-refractivity contribution < 1.29 is 23.9 Å². The quantitative estimate of drug-likeness (QED) is 0.702. The zero-order chi connectivity index (χ0) is 20.6. The molecule has 0 saturated carbocycles. The first-order valence-corrected chi connectivity index (χ1v) is 9.52. The Kier molecular flexibility index (Phi) is 6.97. The fourth-order valence-corrected chi connectivity index (χ4v) is 3.17. The van der Waals surface area contributed by atoms with E-state index in [-0.39, 0.29) is 18.2 Å². The van der Waals surface area contributed by atoms with Gasteiger partial charge in [0.15, 0.2) is 0 Å². The van der Waals surface area contributed by atoms with E-state index in [1.807, 2.05) is 30.3 Å². The number of carbonyl (C=O) groups is 3. The van der Waals surface area contributed by atoms with Gasteiger partial charge in [-0.15, -0.1) is 0 Å². The minimum Gasteiger partial charge on any atom is -0.469 e. The Balaban J connectivity index is 1.70. The van der Waals surface area contributed by atoms with Crippen molar-refractivity contribution in [2.75, 3.05) is 19.0 Å². The Morgan fingerprint density at radius 3 is 2.62 bits per heavy atom. The molecule has 7 nitrogen and oxygen atoms in total. The summed E-state index contributed by atoms with van der Waals surface area (Å²) in [6, 6.07) is 15.4. The molecule has 152 valence electrons. The number of amides is 2. The van der Waals surface area contributed by atoms with Gasteiger partial charge in [-0.25, -0.2) is 0 Å². The molecule has 1 heterocycles. The molecule has 0 radical (unpaired) electrons. The van der Waals surface area contributed by atoms with E-state index in [1.54, 1.807) is 24.3 Å². The second-order valence-electron chi connectivity index (χ2n) is 6.79. The van der Waals surface area contributed by atoms with E-state index >= 15 is 0 Å². The molecule has 2 aromatic carbocycles. The number of ether oxygens (including phenoxy) is 2. The van der Waals surface area contributed by atoms with Crippen LogP contribution in [0.5, 0.6) is 0 Å². The average molecular weight is 396 g/mol. The maximum atomic E-state index is 12.8. The number of carbonyl (C=O) groups excluding carboxylic acids is 3. The van der Waals surface area contributed by atoms with E-state index in [0.717, 1.165) is 12.0 Å². The maximum absolute atomic E-state index is 12.8. The van der Waals surface area contributed by atoms with Crippen molar-refractivity contribution in [3.63, 3.8) is 0 Å². The number of nitrogens with one attached hydrogen (secondary N) is 2. The van der Waals surface area contributed by atoms with Gasteiger partial charge >= 0.3 is 5.97 Å². The minimum absolute atomic E-state index is 0.0156. The lowest BCUT2D eigenvalue weighted by Gasteiger charge is -2.18. The lowest BCUT2D eigenvalue weighted by atomic mass is 10.0. The van der Waals surface area contributed by atoms with Crippen molar-refractivity contribution in [1.29, 1.82) is 0 Å². The molecular formula is C22H24N2O5. The van der Waals surface area contributed by atoms with Crippen LogP contribution in [0.3, 0.4) is 0 Å². The SMILES string of the molecule is COC(=O)CC(NC(=O)c1cccc(NC(=O)C2CCCO2)c1)c1ccccc1. The van der Waals surface area contributed by atoms with Crippen LogP contribution in [0.15, 0.2) is 54.6 Å². The van der Waals surface area contributed by atoms with Gasteiger partial charge in [0.05, 0.1) is 19.6 Å². The third kappa shape index (κ3) is 5.65. The Bertz CT molecular complexity index is 863. The highest BCUT2D eigenvalue weighted by molar-refractivity contribution is 5.98. The third-order valence-electron chi connectivity index (χ3n) is 4.72. The van der Waals surface area contributed by atoms with Crippen LogP contribution in [-0.2, 0) is 19.1 Å². The summed E-state index contributed by atoms with van der Waals surface area (Å²) in [4.78, 5) is 36.8. The van der Waals surface area contributed by atoms with E-state index in [1.165, 1.54) is 7.11 Å². The maximum Gasteiger partial charge on any atom is 0.307 e. The summed E-state index contributed by atoms with van der Waals surface area (Å²) in [7, 11) is 1.31. The topological polar surface area (TPSA) is 93.7 Å². The summed E-state index contributed by atoms with van der Waals surface area (Å²) < 4.78 is 10.1. The first-order chi connectivity index (χ1) is 14.1. The molecule has 1 aliphatic rings. The third-order valence-corrected chi connectivity index (χ3v) is 4.72. The number of anilines is 1. The van der Waals surface area contributed by atoms with Crippen molar-refractivity contribution >= 4 is 23.5 Å². The van der Waals surface area contributed by atoms with Gasteiger partial charge in [0.2, 0.25) is 0 Å². The molecule has 0 aromatic heterocycles. The fourth-order valence-electron chi connectivity index (χ4n) is 3.17.